The largest absolute Gasteiger partial charge is 0.481 e. The molecule has 1 aliphatic rings. The Hall–Kier alpha value is -1.77. The zero-order valence-electron chi connectivity index (χ0n) is 9.69. The molecule has 0 bridgehead atoms. The fraction of sp³-hybridized carbons (Fsp3) is 0.357. The van der Waals surface area contributed by atoms with Crippen LogP contribution in [0, 0.1) is 6.92 Å². The number of furan rings is 1. The highest BCUT2D eigenvalue weighted by molar-refractivity contribution is 5.80. The minimum Gasteiger partial charge on any atom is -0.481 e. The van der Waals surface area contributed by atoms with Gasteiger partial charge in [-0.2, -0.15) is 0 Å². The molecule has 3 heteroatoms. The lowest BCUT2D eigenvalue weighted by molar-refractivity contribution is -0.137. The van der Waals surface area contributed by atoms with Crippen LogP contribution in [0.5, 0.6) is 0 Å². The fourth-order valence-corrected chi connectivity index (χ4v) is 2.51. The molecule has 3 nitrogen and oxygen atoms in total. The van der Waals surface area contributed by atoms with Gasteiger partial charge in [-0.1, -0.05) is 6.07 Å². The van der Waals surface area contributed by atoms with Crippen LogP contribution >= 0.6 is 0 Å². The number of aliphatic carboxylic acids is 1. The van der Waals surface area contributed by atoms with Gasteiger partial charge in [0.1, 0.15) is 11.3 Å². The van der Waals surface area contributed by atoms with Gasteiger partial charge in [0.2, 0.25) is 0 Å². The monoisotopic (exact) mass is 230 g/mol. The number of carboxylic acid groups (broad SMARTS) is 1. The molecular formula is C14H14O3. The van der Waals surface area contributed by atoms with Gasteiger partial charge in [-0.3, -0.25) is 4.79 Å². The molecule has 3 rings (SSSR count). The summed E-state index contributed by atoms with van der Waals surface area (Å²) in [4.78, 5) is 10.9. The molecule has 1 N–H and O–H groups in total. The van der Waals surface area contributed by atoms with Crippen molar-refractivity contribution < 1.29 is 14.3 Å². The molecule has 88 valence electrons. The molecule has 0 amide bonds. The van der Waals surface area contributed by atoms with Crippen molar-refractivity contribution in [3.05, 3.63) is 35.6 Å². The van der Waals surface area contributed by atoms with Gasteiger partial charge in [0.05, 0.1) is 6.42 Å². The number of benzene rings is 1. The number of rotatable bonds is 3. The summed E-state index contributed by atoms with van der Waals surface area (Å²) in [6.45, 7) is 1.92. The summed E-state index contributed by atoms with van der Waals surface area (Å²) in [5.41, 5.74) is 1.89. The Morgan fingerprint density at radius 3 is 2.82 bits per heavy atom. The van der Waals surface area contributed by atoms with Crippen LogP contribution in [0.2, 0.25) is 0 Å². The second kappa shape index (κ2) is 3.36. The van der Waals surface area contributed by atoms with Crippen molar-refractivity contribution in [1.82, 2.24) is 0 Å². The molecule has 1 aromatic heterocycles. The van der Waals surface area contributed by atoms with Crippen molar-refractivity contribution in [1.29, 1.82) is 0 Å². The highest BCUT2D eigenvalue weighted by Gasteiger charge is 2.45. The van der Waals surface area contributed by atoms with E-state index in [1.807, 2.05) is 25.1 Å². The number of carboxylic acids is 1. The molecule has 0 aliphatic heterocycles. The summed E-state index contributed by atoms with van der Waals surface area (Å²) in [6.07, 6.45) is 2.18. The van der Waals surface area contributed by atoms with Gasteiger partial charge < -0.3 is 9.52 Å². The predicted molar refractivity (Wildman–Crippen MR) is 64.1 cm³/mol. The van der Waals surface area contributed by atoms with Crippen LogP contribution in [0.25, 0.3) is 11.0 Å². The van der Waals surface area contributed by atoms with Crippen LogP contribution in [0.1, 0.15) is 30.6 Å². The molecule has 1 saturated carbocycles. The van der Waals surface area contributed by atoms with Crippen molar-refractivity contribution >= 4 is 16.9 Å². The second-order valence-corrected chi connectivity index (χ2v) is 4.96. The summed E-state index contributed by atoms with van der Waals surface area (Å²) >= 11 is 0. The summed E-state index contributed by atoms with van der Waals surface area (Å²) in [7, 11) is 0. The Bertz CT molecular complexity index is 591. The van der Waals surface area contributed by atoms with E-state index in [2.05, 4.69) is 6.07 Å². The summed E-state index contributed by atoms with van der Waals surface area (Å²) in [5, 5.41) is 10.0. The summed E-state index contributed by atoms with van der Waals surface area (Å²) < 4.78 is 5.52. The van der Waals surface area contributed by atoms with E-state index >= 15 is 0 Å². The van der Waals surface area contributed by atoms with E-state index in [9.17, 15) is 4.79 Å². The molecule has 0 atom stereocenters. The van der Waals surface area contributed by atoms with Gasteiger partial charge in [0, 0.05) is 10.8 Å². The number of carbonyl (C=O) groups is 1. The first-order valence-electron chi connectivity index (χ1n) is 5.82. The maximum Gasteiger partial charge on any atom is 0.304 e. The number of aryl methyl sites for hydroxylation is 1. The normalized spacial score (nSPS) is 17.2. The molecule has 0 unspecified atom stereocenters. The van der Waals surface area contributed by atoms with Crippen LogP contribution < -0.4 is 0 Å². The fourth-order valence-electron chi connectivity index (χ4n) is 2.51. The first-order valence-corrected chi connectivity index (χ1v) is 5.82. The van der Waals surface area contributed by atoms with Crippen molar-refractivity contribution in [2.45, 2.75) is 31.6 Å². The Morgan fingerprint density at radius 2 is 2.18 bits per heavy atom. The second-order valence-electron chi connectivity index (χ2n) is 4.96. The molecule has 2 aromatic rings. The zero-order chi connectivity index (χ0) is 12.0. The third-order valence-electron chi connectivity index (χ3n) is 3.60. The van der Waals surface area contributed by atoms with Gasteiger partial charge >= 0.3 is 5.97 Å². The van der Waals surface area contributed by atoms with Crippen LogP contribution in [0.3, 0.4) is 0 Å². The van der Waals surface area contributed by atoms with E-state index in [0.29, 0.717) is 0 Å². The lowest BCUT2D eigenvalue weighted by Gasteiger charge is -2.12. The van der Waals surface area contributed by atoms with Crippen LogP contribution in [-0.4, -0.2) is 11.1 Å². The van der Waals surface area contributed by atoms with Gasteiger partial charge in [-0.15, -0.1) is 0 Å². The van der Waals surface area contributed by atoms with Crippen LogP contribution in [0.15, 0.2) is 28.7 Å². The lowest BCUT2D eigenvalue weighted by Crippen LogP contribution is -2.12. The third-order valence-corrected chi connectivity index (χ3v) is 3.60. The first kappa shape index (κ1) is 10.4. The maximum absolute atomic E-state index is 10.9. The topological polar surface area (TPSA) is 50.4 Å². The molecule has 0 saturated heterocycles. The Balaban J connectivity index is 2.03. The Kier molecular flexibility index (Phi) is 2.05. The van der Waals surface area contributed by atoms with E-state index in [1.54, 1.807) is 0 Å². The molecule has 1 aliphatic carbocycles. The van der Waals surface area contributed by atoms with Crippen molar-refractivity contribution in [3.63, 3.8) is 0 Å². The molecule has 1 fully saturated rings. The minimum absolute atomic E-state index is 0.120. The SMILES string of the molecule is Cc1cc2cc(C3(CC(=O)O)CC3)ccc2o1. The number of hydrogen-bond donors (Lipinski definition) is 1. The molecule has 1 heterocycles. The Labute approximate surface area is 99.0 Å². The summed E-state index contributed by atoms with van der Waals surface area (Å²) in [6, 6.07) is 8.01. The standard InChI is InChI=1S/C14H14O3/c1-9-6-10-7-11(2-3-12(10)17-9)14(4-5-14)8-13(15)16/h2-3,6-7H,4-5,8H2,1H3,(H,15,16). The average molecular weight is 230 g/mol. The highest BCUT2D eigenvalue weighted by Crippen LogP contribution is 2.51. The van der Waals surface area contributed by atoms with Gasteiger partial charge in [0.15, 0.2) is 0 Å². The maximum atomic E-state index is 10.9. The number of hydrogen-bond acceptors (Lipinski definition) is 2. The third kappa shape index (κ3) is 1.71. The first-order chi connectivity index (χ1) is 8.09. The molecule has 17 heavy (non-hydrogen) atoms. The minimum atomic E-state index is -0.717. The lowest BCUT2D eigenvalue weighted by atomic mass is 9.92. The van der Waals surface area contributed by atoms with Gasteiger partial charge in [-0.25, -0.2) is 0 Å². The summed E-state index contributed by atoms with van der Waals surface area (Å²) in [5.74, 6) is 0.172. The average Bonchev–Trinajstić information content (AvgIpc) is 2.91. The van der Waals surface area contributed by atoms with Crippen LogP contribution in [-0.2, 0) is 10.2 Å². The molecular weight excluding hydrogens is 216 g/mol. The van der Waals surface area contributed by atoms with Gasteiger partial charge in [0.25, 0.3) is 0 Å². The van der Waals surface area contributed by atoms with Crippen molar-refractivity contribution in [2.75, 3.05) is 0 Å². The van der Waals surface area contributed by atoms with E-state index in [-0.39, 0.29) is 11.8 Å². The zero-order valence-corrected chi connectivity index (χ0v) is 9.69. The van der Waals surface area contributed by atoms with Crippen LogP contribution in [0.4, 0.5) is 0 Å². The van der Waals surface area contributed by atoms with E-state index in [0.717, 1.165) is 35.1 Å². The van der Waals surface area contributed by atoms with Crippen molar-refractivity contribution in [3.8, 4) is 0 Å². The molecule has 0 spiro atoms. The number of fused-ring (bicyclic) bond motifs is 1. The van der Waals surface area contributed by atoms with E-state index < -0.39 is 5.97 Å². The molecule has 1 aromatic carbocycles. The van der Waals surface area contributed by atoms with E-state index in [1.165, 1.54) is 0 Å². The predicted octanol–water partition coefficient (Wildman–Crippen LogP) is 3.25. The Morgan fingerprint density at radius 1 is 1.41 bits per heavy atom. The smallest absolute Gasteiger partial charge is 0.304 e. The van der Waals surface area contributed by atoms with E-state index in [4.69, 9.17) is 9.52 Å². The highest BCUT2D eigenvalue weighted by atomic mass is 16.4. The quantitative estimate of drug-likeness (QED) is 0.880. The van der Waals surface area contributed by atoms with Crippen molar-refractivity contribution in [2.24, 2.45) is 0 Å². The van der Waals surface area contributed by atoms with Gasteiger partial charge in [-0.05, 0) is 43.5 Å². The molecule has 0 radical (unpaired) electrons.